The molecule has 0 saturated heterocycles. The summed E-state index contributed by atoms with van der Waals surface area (Å²) in [5, 5.41) is 0. The predicted molar refractivity (Wildman–Crippen MR) is 84.4 cm³/mol. The molecule has 0 heterocycles. The molecule has 0 aliphatic heterocycles. The van der Waals surface area contributed by atoms with Gasteiger partial charge in [0.05, 0.1) is 0 Å². The van der Waals surface area contributed by atoms with Crippen LogP contribution in [-0.4, -0.2) is 23.9 Å². The molecule has 1 amide bonds. The van der Waals surface area contributed by atoms with Crippen molar-refractivity contribution >= 4 is 5.91 Å². The van der Waals surface area contributed by atoms with E-state index in [2.05, 4.69) is 39.0 Å². The molecule has 2 unspecified atom stereocenters. The standard InChI is InChI=1S/C18H29NO/c1-4-11-19(18(20)17-9-10-17)12-5-6-16-8-7-14(2)13-15(16)3/h5-7,15-17H,4,8-13H2,1-3H3. The maximum absolute atomic E-state index is 12.2. The van der Waals surface area contributed by atoms with Crippen LogP contribution < -0.4 is 0 Å². The minimum Gasteiger partial charge on any atom is -0.339 e. The Morgan fingerprint density at radius 1 is 1.45 bits per heavy atom. The molecule has 0 bridgehead atoms. The minimum absolute atomic E-state index is 0.342. The topological polar surface area (TPSA) is 20.3 Å². The van der Waals surface area contributed by atoms with E-state index in [0.717, 1.165) is 44.7 Å². The summed E-state index contributed by atoms with van der Waals surface area (Å²) in [6.45, 7) is 8.42. The van der Waals surface area contributed by atoms with Crippen molar-refractivity contribution in [1.29, 1.82) is 0 Å². The van der Waals surface area contributed by atoms with Crippen LogP contribution in [0.25, 0.3) is 0 Å². The average Bonchev–Trinajstić information content (AvgIpc) is 3.23. The maximum atomic E-state index is 12.2. The van der Waals surface area contributed by atoms with Crippen molar-refractivity contribution in [2.75, 3.05) is 13.1 Å². The van der Waals surface area contributed by atoms with Gasteiger partial charge in [-0.1, -0.05) is 37.6 Å². The highest BCUT2D eigenvalue weighted by Crippen LogP contribution is 2.32. The van der Waals surface area contributed by atoms with E-state index < -0.39 is 0 Å². The molecule has 0 aromatic rings. The number of hydrogen-bond donors (Lipinski definition) is 0. The molecule has 1 saturated carbocycles. The smallest absolute Gasteiger partial charge is 0.225 e. The number of carbonyl (C=O) groups excluding carboxylic acids is 1. The van der Waals surface area contributed by atoms with Gasteiger partial charge in [-0.05, 0) is 50.9 Å². The van der Waals surface area contributed by atoms with Gasteiger partial charge in [0.25, 0.3) is 0 Å². The Bertz CT molecular complexity index is 392. The van der Waals surface area contributed by atoms with Crippen molar-refractivity contribution in [2.24, 2.45) is 17.8 Å². The third-order valence-corrected chi connectivity index (χ3v) is 4.55. The lowest BCUT2D eigenvalue weighted by Gasteiger charge is -2.25. The van der Waals surface area contributed by atoms with Gasteiger partial charge in [-0.25, -0.2) is 0 Å². The van der Waals surface area contributed by atoms with Crippen molar-refractivity contribution in [1.82, 2.24) is 4.90 Å². The highest BCUT2D eigenvalue weighted by Gasteiger charge is 2.32. The summed E-state index contributed by atoms with van der Waals surface area (Å²) in [7, 11) is 0. The van der Waals surface area contributed by atoms with Crippen LogP contribution in [0.3, 0.4) is 0 Å². The Morgan fingerprint density at radius 3 is 2.80 bits per heavy atom. The first-order valence-electron chi connectivity index (χ1n) is 8.23. The summed E-state index contributed by atoms with van der Waals surface area (Å²) in [4.78, 5) is 14.2. The Balaban J connectivity index is 1.85. The molecule has 2 aliphatic rings. The number of nitrogens with zero attached hydrogens (tertiary/aromatic N) is 1. The number of amides is 1. The van der Waals surface area contributed by atoms with Gasteiger partial charge >= 0.3 is 0 Å². The zero-order valence-corrected chi connectivity index (χ0v) is 13.3. The highest BCUT2D eigenvalue weighted by molar-refractivity contribution is 5.81. The zero-order chi connectivity index (χ0) is 14.5. The molecule has 2 heteroatoms. The number of carbonyl (C=O) groups is 1. The fourth-order valence-electron chi connectivity index (χ4n) is 3.09. The number of allylic oxidation sites excluding steroid dienone is 3. The molecule has 0 aromatic carbocycles. The quantitative estimate of drug-likeness (QED) is 0.666. The van der Waals surface area contributed by atoms with Gasteiger partial charge in [0.1, 0.15) is 0 Å². The van der Waals surface area contributed by atoms with Crippen molar-refractivity contribution in [3.05, 3.63) is 23.8 Å². The second-order valence-electron chi connectivity index (χ2n) is 6.62. The summed E-state index contributed by atoms with van der Waals surface area (Å²) in [6.07, 6.45) is 12.6. The zero-order valence-electron chi connectivity index (χ0n) is 13.3. The predicted octanol–water partition coefficient (Wildman–Crippen LogP) is 4.18. The first kappa shape index (κ1) is 15.3. The fourth-order valence-corrected chi connectivity index (χ4v) is 3.09. The molecule has 2 rings (SSSR count). The van der Waals surface area contributed by atoms with E-state index in [0.29, 0.717) is 17.7 Å². The van der Waals surface area contributed by atoms with Gasteiger partial charge < -0.3 is 4.90 Å². The van der Waals surface area contributed by atoms with Crippen LogP contribution in [0.2, 0.25) is 0 Å². The molecule has 0 radical (unpaired) electrons. The Labute approximate surface area is 123 Å². The van der Waals surface area contributed by atoms with Crippen molar-refractivity contribution in [3.8, 4) is 0 Å². The van der Waals surface area contributed by atoms with Gasteiger partial charge in [-0.2, -0.15) is 0 Å². The SMILES string of the molecule is CCCN(CC=CC1CC=C(C)CC1C)C(=O)C1CC1. The van der Waals surface area contributed by atoms with Crippen LogP contribution in [0.1, 0.15) is 52.9 Å². The molecular formula is C18H29NO. The van der Waals surface area contributed by atoms with Crippen LogP contribution in [0.4, 0.5) is 0 Å². The second-order valence-corrected chi connectivity index (χ2v) is 6.62. The van der Waals surface area contributed by atoms with E-state index in [1.807, 2.05) is 4.90 Å². The first-order chi connectivity index (χ1) is 9.61. The van der Waals surface area contributed by atoms with E-state index in [4.69, 9.17) is 0 Å². The molecule has 0 N–H and O–H groups in total. The summed E-state index contributed by atoms with van der Waals surface area (Å²) in [5.41, 5.74) is 1.53. The maximum Gasteiger partial charge on any atom is 0.225 e. The second kappa shape index (κ2) is 7.10. The van der Waals surface area contributed by atoms with Gasteiger partial charge in [0.2, 0.25) is 5.91 Å². The molecule has 112 valence electrons. The van der Waals surface area contributed by atoms with E-state index in [1.54, 1.807) is 0 Å². The molecule has 0 aromatic heterocycles. The Kier molecular flexibility index (Phi) is 5.45. The van der Waals surface area contributed by atoms with Crippen molar-refractivity contribution in [2.45, 2.75) is 52.9 Å². The largest absolute Gasteiger partial charge is 0.339 e. The average molecular weight is 275 g/mol. The van der Waals surface area contributed by atoms with Crippen LogP contribution >= 0.6 is 0 Å². The van der Waals surface area contributed by atoms with Gasteiger partial charge in [0.15, 0.2) is 0 Å². The van der Waals surface area contributed by atoms with Crippen LogP contribution in [0.15, 0.2) is 23.8 Å². The minimum atomic E-state index is 0.342. The Morgan fingerprint density at radius 2 is 2.20 bits per heavy atom. The molecule has 2 aliphatic carbocycles. The summed E-state index contributed by atoms with van der Waals surface area (Å²) in [6, 6.07) is 0. The van der Waals surface area contributed by atoms with E-state index >= 15 is 0 Å². The van der Waals surface area contributed by atoms with Gasteiger partial charge in [0, 0.05) is 19.0 Å². The summed E-state index contributed by atoms with van der Waals surface area (Å²) >= 11 is 0. The lowest BCUT2D eigenvalue weighted by Crippen LogP contribution is -2.33. The number of rotatable bonds is 6. The van der Waals surface area contributed by atoms with E-state index in [-0.39, 0.29) is 0 Å². The summed E-state index contributed by atoms with van der Waals surface area (Å²) in [5.74, 6) is 2.10. The van der Waals surface area contributed by atoms with Crippen molar-refractivity contribution < 1.29 is 4.79 Å². The third kappa shape index (κ3) is 4.22. The monoisotopic (exact) mass is 275 g/mol. The molecule has 1 fully saturated rings. The fraction of sp³-hybridized carbons (Fsp3) is 0.722. The first-order valence-corrected chi connectivity index (χ1v) is 8.23. The molecule has 0 spiro atoms. The van der Waals surface area contributed by atoms with E-state index in [1.165, 1.54) is 12.0 Å². The molecule has 2 nitrogen and oxygen atoms in total. The molecule has 2 atom stereocenters. The number of hydrogen-bond acceptors (Lipinski definition) is 1. The Hall–Kier alpha value is -1.05. The van der Waals surface area contributed by atoms with Gasteiger partial charge in [-0.15, -0.1) is 0 Å². The van der Waals surface area contributed by atoms with Crippen LogP contribution in [0, 0.1) is 17.8 Å². The lowest BCUT2D eigenvalue weighted by atomic mass is 9.81. The van der Waals surface area contributed by atoms with Gasteiger partial charge in [-0.3, -0.25) is 4.79 Å². The molecule has 20 heavy (non-hydrogen) atoms. The lowest BCUT2D eigenvalue weighted by molar-refractivity contribution is -0.132. The third-order valence-electron chi connectivity index (χ3n) is 4.55. The van der Waals surface area contributed by atoms with Crippen LogP contribution in [0.5, 0.6) is 0 Å². The van der Waals surface area contributed by atoms with Crippen LogP contribution in [-0.2, 0) is 4.79 Å². The molecular weight excluding hydrogens is 246 g/mol. The highest BCUT2D eigenvalue weighted by atomic mass is 16.2. The normalized spacial score (nSPS) is 26.6. The van der Waals surface area contributed by atoms with Crippen molar-refractivity contribution in [3.63, 3.8) is 0 Å². The summed E-state index contributed by atoms with van der Waals surface area (Å²) < 4.78 is 0. The van der Waals surface area contributed by atoms with E-state index in [9.17, 15) is 4.79 Å².